The second-order valence-corrected chi connectivity index (χ2v) is 7.02. The predicted molar refractivity (Wildman–Crippen MR) is 82.3 cm³/mol. The number of ether oxygens (including phenoxy) is 1. The van der Waals surface area contributed by atoms with Crippen LogP contribution >= 0.6 is 0 Å². The summed E-state index contributed by atoms with van der Waals surface area (Å²) in [6.45, 7) is 3.72. The minimum absolute atomic E-state index is 0.0385. The predicted octanol–water partition coefficient (Wildman–Crippen LogP) is 0.0704. The first-order valence-electron chi connectivity index (χ1n) is 7.05. The van der Waals surface area contributed by atoms with Crippen molar-refractivity contribution < 1.29 is 17.9 Å². The van der Waals surface area contributed by atoms with Crippen molar-refractivity contribution in [3.8, 4) is 5.75 Å². The highest BCUT2D eigenvalue weighted by Gasteiger charge is 2.25. The van der Waals surface area contributed by atoms with Gasteiger partial charge in [0.2, 0.25) is 10.0 Å². The molecule has 1 amide bonds. The van der Waals surface area contributed by atoms with Crippen LogP contribution in [-0.4, -0.2) is 40.6 Å². The van der Waals surface area contributed by atoms with Gasteiger partial charge in [-0.1, -0.05) is 6.92 Å². The van der Waals surface area contributed by atoms with Crippen molar-refractivity contribution in [1.29, 1.82) is 0 Å². The van der Waals surface area contributed by atoms with Crippen molar-refractivity contribution in [2.75, 3.05) is 20.2 Å². The van der Waals surface area contributed by atoms with E-state index in [1.165, 1.54) is 25.3 Å². The van der Waals surface area contributed by atoms with Gasteiger partial charge in [0.05, 0.1) is 17.6 Å². The van der Waals surface area contributed by atoms with Crippen molar-refractivity contribution in [1.82, 2.24) is 10.6 Å². The van der Waals surface area contributed by atoms with Crippen molar-refractivity contribution in [3.05, 3.63) is 23.8 Å². The number of rotatable bonds is 4. The summed E-state index contributed by atoms with van der Waals surface area (Å²) in [4.78, 5) is 12.4. The van der Waals surface area contributed by atoms with Crippen molar-refractivity contribution in [2.45, 2.75) is 24.3 Å². The zero-order chi connectivity index (χ0) is 16.3. The number of hydrogen-bond donors (Lipinski definition) is 3. The van der Waals surface area contributed by atoms with E-state index in [1.54, 1.807) is 0 Å². The molecule has 2 unspecified atom stereocenters. The molecule has 122 valence electrons. The number of benzene rings is 1. The van der Waals surface area contributed by atoms with Crippen molar-refractivity contribution >= 4 is 15.9 Å². The third-order valence-electron chi connectivity index (χ3n) is 3.85. The molecule has 22 heavy (non-hydrogen) atoms. The van der Waals surface area contributed by atoms with Gasteiger partial charge in [-0.3, -0.25) is 4.79 Å². The van der Waals surface area contributed by atoms with E-state index >= 15 is 0 Å². The zero-order valence-corrected chi connectivity index (χ0v) is 13.4. The maximum absolute atomic E-state index is 12.5. The van der Waals surface area contributed by atoms with E-state index in [0.717, 1.165) is 19.5 Å². The maximum atomic E-state index is 12.5. The largest absolute Gasteiger partial charge is 0.496 e. The molecule has 2 rings (SSSR count). The first-order valence-corrected chi connectivity index (χ1v) is 8.60. The summed E-state index contributed by atoms with van der Waals surface area (Å²) in [7, 11) is -2.45. The van der Waals surface area contributed by atoms with Gasteiger partial charge in [0.1, 0.15) is 5.75 Å². The Balaban J connectivity index is 2.27. The van der Waals surface area contributed by atoms with Crippen molar-refractivity contribution in [3.63, 3.8) is 0 Å². The average Bonchev–Trinajstić information content (AvgIpc) is 2.48. The normalized spacial score (nSPS) is 22.1. The fourth-order valence-electron chi connectivity index (χ4n) is 2.52. The van der Waals surface area contributed by atoms with Crippen LogP contribution in [0.1, 0.15) is 23.7 Å². The summed E-state index contributed by atoms with van der Waals surface area (Å²) in [5.41, 5.74) is 0.166. The highest BCUT2D eigenvalue weighted by atomic mass is 32.2. The molecule has 1 aliphatic heterocycles. The van der Waals surface area contributed by atoms with Gasteiger partial charge in [0.15, 0.2) is 0 Å². The molecule has 7 nitrogen and oxygen atoms in total. The molecule has 1 saturated heterocycles. The molecule has 2 atom stereocenters. The van der Waals surface area contributed by atoms with Crippen LogP contribution in [0.2, 0.25) is 0 Å². The van der Waals surface area contributed by atoms with Gasteiger partial charge in [0, 0.05) is 6.04 Å². The fourth-order valence-corrected chi connectivity index (χ4v) is 3.06. The number of hydrogen-bond acceptors (Lipinski definition) is 5. The van der Waals surface area contributed by atoms with Crippen LogP contribution in [0.3, 0.4) is 0 Å². The second-order valence-electron chi connectivity index (χ2n) is 5.46. The van der Waals surface area contributed by atoms with E-state index in [4.69, 9.17) is 9.88 Å². The van der Waals surface area contributed by atoms with E-state index in [2.05, 4.69) is 17.6 Å². The molecule has 0 spiro atoms. The Hall–Kier alpha value is -1.64. The fraction of sp³-hybridized carbons (Fsp3) is 0.500. The zero-order valence-electron chi connectivity index (χ0n) is 12.6. The summed E-state index contributed by atoms with van der Waals surface area (Å²) in [6.07, 6.45) is 0.824. The molecule has 1 fully saturated rings. The molecular weight excluding hydrogens is 306 g/mol. The summed E-state index contributed by atoms with van der Waals surface area (Å²) >= 11 is 0. The first-order chi connectivity index (χ1) is 10.3. The Morgan fingerprint density at radius 1 is 1.45 bits per heavy atom. The number of carbonyl (C=O) groups is 1. The lowest BCUT2D eigenvalue weighted by Crippen LogP contribution is -2.48. The van der Waals surface area contributed by atoms with Gasteiger partial charge in [0.25, 0.3) is 5.91 Å². The Morgan fingerprint density at radius 2 is 2.18 bits per heavy atom. The molecule has 1 aliphatic rings. The third kappa shape index (κ3) is 3.76. The van der Waals surface area contributed by atoms with Crippen LogP contribution in [0, 0.1) is 5.92 Å². The number of carbonyl (C=O) groups excluding carboxylic acids is 1. The molecule has 4 N–H and O–H groups in total. The van der Waals surface area contributed by atoms with Gasteiger partial charge in [-0.25, -0.2) is 13.6 Å². The Bertz CT molecular complexity index is 660. The first kappa shape index (κ1) is 16.7. The standard InChI is InChI=1S/C14H21N3O4S/c1-9-8-16-6-5-12(9)17-14(18)11-7-10(22(15,19)20)3-4-13(11)21-2/h3-4,7,9,12,16H,5-6,8H2,1-2H3,(H,17,18)(H2,15,19,20). The minimum Gasteiger partial charge on any atom is -0.496 e. The Kier molecular flexibility index (Phi) is 5.05. The lowest BCUT2D eigenvalue weighted by molar-refractivity contribution is 0.0911. The van der Waals surface area contributed by atoms with E-state index in [1.807, 2.05) is 0 Å². The Labute approximate surface area is 130 Å². The highest BCUT2D eigenvalue weighted by Crippen LogP contribution is 2.22. The second kappa shape index (κ2) is 6.64. The SMILES string of the molecule is COc1ccc(S(N)(=O)=O)cc1C(=O)NC1CCNCC1C. The van der Waals surface area contributed by atoms with Gasteiger partial charge >= 0.3 is 0 Å². The topological polar surface area (TPSA) is 111 Å². The molecule has 1 aromatic rings. The average molecular weight is 327 g/mol. The summed E-state index contributed by atoms with van der Waals surface area (Å²) < 4.78 is 28.0. The lowest BCUT2D eigenvalue weighted by atomic mass is 9.95. The smallest absolute Gasteiger partial charge is 0.255 e. The number of piperidine rings is 1. The number of amides is 1. The number of sulfonamides is 1. The number of primary sulfonamides is 1. The number of nitrogens with one attached hydrogen (secondary N) is 2. The van der Waals surface area contributed by atoms with Crippen LogP contribution in [0.15, 0.2) is 23.1 Å². The lowest BCUT2D eigenvalue weighted by Gasteiger charge is -2.30. The van der Waals surface area contributed by atoms with E-state index in [-0.39, 0.29) is 22.4 Å². The van der Waals surface area contributed by atoms with Crippen LogP contribution in [0.25, 0.3) is 0 Å². The van der Waals surface area contributed by atoms with E-state index in [9.17, 15) is 13.2 Å². The summed E-state index contributed by atoms with van der Waals surface area (Å²) in [6, 6.07) is 4.03. The monoisotopic (exact) mass is 327 g/mol. The minimum atomic E-state index is -3.87. The Morgan fingerprint density at radius 3 is 2.77 bits per heavy atom. The van der Waals surface area contributed by atoms with Gasteiger partial charge in [-0.15, -0.1) is 0 Å². The van der Waals surface area contributed by atoms with Crippen LogP contribution in [0.5, 0.6) is 5.75 Å². The third-order valence-corrected chi connectivity index (χ3v) is 4.76. The van der Waals surface area contributed by atoms with E-state index < -0.39 is 10.0 Å². The van der Waals surface area contributed by atoms with Gasteiger partial charge < -0.3 is 15.4 Å². The maximum Gasteiger partial charge on any atom is 0.255 e. The number of methoxy groups -OCH3 is 1. The molecule has 0 radical (unpaired) electrons. The number of nitrogens with two attached hydrogens (primary N) is 1. The molecule has 0 aliphatic carbocycles. The molecular formula is C14H21N3O4S. The molecule has 0 saturated carbocycles. The molecule has 8 heteroatoms. The van der Waals surface area contributed by atoms with Crippen LogP contribution in [-0.2, 0) is 10.0 Å². The van der Waals surface area contributed by atoms with Crippen LogP contribution < -0.4 is 20.5 Å². The summed E-state index contributed by atoms with van der Waals surface area (Å²) in [5, 5.41) is 11.3. The molecule has 1 heterocycles. The quantitative estimate of drug-likeness (QED) is 0.725. The van der Waals surface area contributed by atoms with Crippen LogP contribution in [0.4, 0.5) is 0 Å². The highest BCUT2D eigenvalue weighted by molar-refractivity contribution is 7.89. The molecule has 0 aromatic heterocycles. The van der Waals surface area contributed by atoms with Crippen molar-refractivity contribution in [2.24, 2.45) is 11.1 Å². The van der Waals surface area contributed by atoms with E-state index in [0.29, 0.717) is 11.7 Å². The molecule has 0 bridgehead atoms. The van der Waals surface area contributed by atoms with Gasteiger partial charge in [-0.2, -0.15) is 0 Å². The summed E-state index contributed by atoms with van der Waals surface area (Å²) in [5.74, 6) is 0.248. The molecule has 1 aromatic carbocycles. The van der Waals surface area contributed by atoms with Gasteiger partial charge in [-0.05, 0) is 43.6 Å².